The minimum Gasteiger partial charge on any atom is -0.376 e. The molecule has 0 bridgehead atoms. The molecular formula is C18H22N2O. The number of carbonyl (C=O) groups excluding carboxylic acids is 1. The summed E-state index contributed by atoms with van der Waals surface area (Å²) >= 11 is 0. The molecule has 0 unspecified atom stereocenters. The number of nitrogens with one attached hydrogen (secondary N) is 2. The molecule has 110 valence electrons. The minimum absolute atomic E-state index is 0.0374. The van der Waals surface area contributed by atoms with Crippen LogP contribution in [-0.2, 0) is 4.79 Å². The number of carbonyl (C=O) groups is 1. The minimum atomic E-state index is -0.0374. The Kier molecular flexibility index (Phi) is 4.99. The lowest BCUT2D eigenvalue weighted by Gasteiger charge is -2.14. The van der Waals surface area contributed by atoms with Crippen LogP contribution in [0.2, 0.25) is 0 Å². The number of benzene rings is 2. The molecule has 0 saturated carbocycles. The molecule has 0 atom stereocenters. The van der Waals surface area contributed by atoms with E-state index >= 15 is 0 Å². The van der Waals surface area contributed by atoms with Crippen LogP contribution in [0.4, 0.5) is 11.4 Å². The number of para-hydroxylation sites is 1. The van der Waals surface area contributed by atoms with E-state index in [0.29, 0.717) is 5.92 Å². The molecule has 0 fully saturated rings. The van der Waals surface area contributed by atoms with Gasteiger partial charge in [-0.2, -0.15) is 0 Å². The standard InChI is InChI=1S/C18H22N2O/c1-13(2)16-9-4-5-10-17(16)20-18(21)12-19-15-8-6-7-14(3)11-15/h4-11,13,19H,12H2,1-3H3,(H,20,21). The van der Waals surface area contributed by atoms with Gasteiger partial charge in [0.05, 0.1) is 6.54 Å². The first-order chi connectivity index (χ1) is 10.1. The lowest BCUT2D eigenvalue weighted by atomic mass is 10.0. The smallest absolute Gasteiger partial charge is 0.243 e. The Labute approximate surface area is 126 Å². The van der Waals surface area contributed by atoms with Crippen molar-refractivity contribution in [3.05, 3.63) is 59.7 Å². The summed E-state index contributed by atoms with van der Waals surface area (Å²) in [6.45, 7) is 6.53. The molecule has 0 aliphatic heterocycles. The number of aryl methyl sites for hydroxylation is 1. The fraction of sp³-hybridized carbons (Fsp3) is 0.278. The number of amides is 1. The highest BCUT2D eigenvalue weighted by atomic mass is 16.1. The first kappa shape index (κ1) is 15.1. The van der Waals surface area contributed by atoms with E-state index in [4.69, 9.17) is 0 Å². The Balaban J connectivity index is 1.96. The van der Waals surface area contributed by atoms with E-state index in [2.05, 4.69) is 24.5 Å². The van der Waals surface area contributed by atoms with Gasteiger partial charge in [0.25, 0.3) is 0 Å². The van der Waals surface area contributed by atoms with Gasteiger partial charge < -0.3 is 10.6 Å². The van der Waals surface area contributed by atoms with Crippen LogP contribution in [0, 0.1) is 6.92 Å². The second-order valence-electron chi connectivity index (χ2n) is 5.51. The molecule has 2 N–H and O–H groups in total. The Morgan fingerprint density at radius 3 is 2.57 bits per heavy atom. The largest absolute Gasteiger partial charge is 0.376 e. The number of hydrogen-bond donors (Lipinski definition) is 2. The summed E-state index contributed by atoms with van der Waals surface area (Å²) in [5, 5.41) is 6.12. The Bertz CT molecular complexity index is 620. The second-order valence-corrected chi connectivity index (χ2v) is 5.51. The van der Waals surface area contributed by atoms with E-state index in [1.807, 2.05) is 55.5 Å². The van der Waals surface area contributed by atoms with Crippen LogP contribution < -0.4 is 10.6 Å². The van der Waals surface area contributed by atoms with Crippen LogP contribution in [0.25, 0.3) is 0 Å². The molecule has 2 aromatic rings. The zero-order valence-corrected chi connectivity index (χ0v) is 12.8. The fourth-order valence-corrected chi connectivity index (χ4v) is 2.25. The number of hydrogen-bond acceptors (Lipinski definition) is 2. The first-order valence-electron chi connectivity index (χ1n) is 7.25. The van der Waals surface area contributed by atoms with E-state index in [-0.39, 0.29) is 12.5 Å². The maximum absolute atomic E-state index is 12.1. The van der Waals surface area contributed by atoms with Crippen molar-refractivity contribution in [2.45, 2.75) is 26.7 Å². The summed E-state index contributed by atoms with van der Waals surface area (Å²) in [5.74, 6) is 0.343. The number of anilines is 2. The molecule has 0 radical (unpaired) electrons. The molecule has 0 heterocycles. The molecule has 3 nitrogen and oxygen atoms in total. The topological polar surface area (TPSA) is 41.1 Å². The SMILES string of the molecule is Cc1cccc(NCC(=O)Nc2ccccc2C(C)C)c1. The Morgan fingerprint density at radius 1 is 1.10 bits per heavy atom. The normalized spacial score (nSPS) is 10.5. The maximum atomic E-state index is 12.1. The van der Waals surface area contributed by atoms with Gasteiger partial charge >= 0.3 is 0 Å². The van der Waals surface area contributed by atoms with Crippen molar-refractivity contribution in [2.24, 2.45) is 0 Å². The van der Waals surface area contributed by atoms with E-state index in [1.54, 1.807) is 0 Å². The summed E-state index contributed by atoms with van der Waals surface area (Å²) in [5.41, 5.74) is 4.18. The lowest BCUT2D eigenvalue weighted by Crippen LogP contribution is -2.22. The molecule has 0 aromatic heterocycles. The highest BCUT2D eigenvalue weighted by Crippen LogP contribution is 2.23. The van der Waals surface area contributed by atoms with Crippen molar-refractivity contribution >= 4 is 17.3 Å². The molecular weight excluding hydrogens is 260 g/mol. The average molecular weight is 282 g/mol. The van der Waals surface area contributed by atoms with Gasteiger partial charge in [0, 0.05) is 11.4 Å². The third-order valence-corrected chi connectivity index (χ3v) is 3.33. The van der Waals surface area contributed by atoms with Gasteiger partial charge in [-0.3, -0.25) is 4.79 Å². The zero-order chi connectivity index (χ0) is 15.2. The van der Waals surface area contributed by atoms with E-state index in [9.17, 15) is 4.79 Å². The highest BCUT2D eigenvalue weighted by molar-refractivity contribution is 5.94. The van der Waals surface area contributed by atoms with Crippen LogP contribution >= 0.6 is 0 Å². The number of rotatable bonds is 5. The molecule has 0 spiro atoms. The molecule has 2 aromatic carbocycles. The van der Waals surface area contributed by atoms with E-state index < -0.39 is 0 Å². The second kappa shape index (κ2) is 6.93. The summed E-state index contributed by atoms with van der Waals surface area (Å²) < 4.78 is 0. The van der Waals surface area contributed by atoms with Crippen LogP contribution in [0.3, 0.4) is 0 Å². The van der Waals surface area contributed by atoms with Crippen molar-refractivity contribution in [3.8, 4) is 0 Å². The lowest BCUT2D eigenvalue weighted by molar-refractivity contribution is -0.114. The van der Waals surface area contributed by atoms with Crippen molar-refractivity contribution in [1.29, 1.82) is 0 Å². The van der Waals surface area contributed by atoms with Crippen molar-refractivity contribution in [1.82, 2.24) is 0 Å². The zero-order valence-electron chi connectivity index (χ0n) is 12.8. The van der Waals surface area contributed by atoms with E-state index in [1.165, 1.54) is 5.56 Å². The van der Waals surface area contributed by atoms with Gasteiger partial charge in [-0.15, -0.1) is 0 Å². The predicted octanol–water partition coefficient (Wildman–Crippen LogP) is 4.17. The molecule has 0 aliphatic rings. The molecule has 0 saturated heterocycles. The molecule has 0 aliphatic carbocycles. The van der Waals surface area contributed by atoms with Gasteiger partial charge in [-0.1, -0.05) is 44.2 Å². The average Bonchev–Trinajstić information content (AvgIpc) is 2.45. The van der Waals surface area contributed by atoms with Crippen molar-refractivity contribution in [2.75, 3.05) is 17.2 Å². The molecule has 1 amide bonds. The predicted molar refractivity (Wildman–Crippen MR) is 88.8 cm³/mol. The van der Waals surface area contributed by atoms with Crippen LogP contribution in [0.1, 0.15) is 30.9 Å². The monoisotopic (exact) mass is 282 g/mol. The van der Waals surface area contributed by atoms with Gasteiger partial charge in [0.2, 0.25) is 5.91 Å². The molecule has 3 heteroatoms. The van der Waals surface area contributed by atoms with Crippen LogP contribution in [0.5, 0.6) is 0 Å². The highest BCUT2D eigenvalue weighted by Gasteiger charge is 2.08. The summed E-state index contributed by atoms with van der Waals surface area (Å²) in [6, 6.07) is 15.9. The van der Waals surface area contributed by atoms with Gasteiger partial charge in [0.15, 0.2) is 0 Å². The Morgan fingerprint density at radius 2 is 1.86 bits per heavy atom. The first-order valence-corrected chi connectivity index (χ1v) is 7.25. The summed E-state index contributed by atoms with van der Waals surface area (Å²) in [7, 11) is 0. The third kappa shape index (κ3) is 4.35. The summed E-state index contributed by atoms with van der Waals surface area (Å²) in [6.07, 6.45) is 0. The Hall–Kier alpha value is -2.29. The quantitative estimate of drug-likeness (QED) is 0.864. The van der Waals surface area contributed by atoms with Gasteiger partial charge in [-0.25, -0.2) is 0 Å². The molecule has 2 rings (SSSR count). The fourth-order valence-electron chi connectivity index (χ4n) is 2.25. The van der Waals surface area contributed by atoms with Crippen molar-refractivity contribution in [3.63, 3.8) is 0 Å². The van der Waals surface area contributed by atoms with Crippen molar-refractivity contribution < 1.29 is 4.79 Å². The summed E-state index contributed by atoms with van der Waals surface area (Å²) in [4.78, 5) is 12.1. The van der Waals surface area contributed by atoms with Crippen LogP contribution in [0.15, 0.2) is 48.5 Å². The van der Waals surface area contributed by atoms with Gasteiger partial charge in [0.1, 0.15) is 0 Å². The molecule has 21 heavy (non-hydrogen) atoms. The van der Waals surface area contributed by atoms with Crippen LogP contribution in [-0.4, -0.2) is 12.5 Å². The third-order valence-electron chi connectivity index (χ3n) is 3.33. The maximum Gasteiger partial charge on any atom is 0.243 e. The van der Waals surface area contributed by atoms with E-state index in [0.717, 1.165) is 16.9 Å². The van der Waals surface area contributed by atoms with Gasteiger partial charge in [-0.05, 0) is 42.2 Å².